The van der Waals surface area contributed by atoms with Gasteiger partial charge in [-0.2, -0.15) is 5.10 Å². The van der Waals surface area contributed by atoms with E-state index in [0.717, 1.165) is 11.4 Å². The van der Waals surface area contributed by atoms with Crippen LogP contribution in [-0.4, -0.2) is 30.5 Å². The highest BCUT2D eigenvalue weighted by Gasteiger charge is 2.10. The molecule has 0 spiro atoms. The number of rotatable bonds is 6. The highest BCUT2D eigenvalue weighted by molar-refractivity contribution is 6.31. The minimum Gasteiger partial charge on any atom is -0.293 e. The average Bonchev–Trinajstić information content (AvgIpc) is 3.14. The SMILES string of the molecule is Cc1cc(C)n(CCC(=O)Nc2ncn(Cc3ccc(F)cc3Cl)n2)n1. The molecule has 0 aliphatic carbocycles. The molecule has 0 atom stereocenters. The third-order valence-electron chi connectivity index (χ3n) is 3.79. The van der Waals surface area contributed by atoms with E-state index in [4.69, 9.17) is 11.6 Å². The van der Waals surface area contributed by atoms with Gasteiger partial charge in [0, 0.05) is 23.7 Å². The van der Waals surface area contributed by atoms with Crippen molar-refractivity contribution in [3.63, 3.8) is 0 Å². The Morgan fingerprint density at radius 2 is 2.08 bits per heavy atom. The Kier molecular flexibility index (Phi) is 5.32. The monoisotopic (exact) mass is 376 g/mol. The van der Waals surface area contributed by atoms with Gasteiger partial charge < -0.3 is 0 Å². The van der Waals surface area contributed by atoms with Crippen molar-refractivity contribution in [1.82, 2.24) is 24.5 Å². The van der Waals surface area contributed by atoms with Crippen molar-refractivity contribution in [2.24, 2.45) is 0 Å². The number of nitrogens with zero attached hydrogens (tertiary/aromatic N) is 5. The Bertz CT molecular complexity index is 935. The average molecular weight is 377 g/mol. The van der Waals surface area contributed by atoms with E-state index in [1.165, 1.54) is 23.1 Å². The first-order valence-corrected chi connectivity index (χ1v) is 8.43. The fourth-order valence-corrected chi connectivity index (χ4v) is 2.78. The number of anilines is 1. The molecule has 26 heavy (non-hydrogen) atoms. The zero-order valence-corrected chi connectivity index (χ0v) is 15.2. The molecule has 1 aromatic carbocycles. The van der Waals surface area contributed by atoms with Gasteiger partial charge in [0.15, 0.2) is 0 Å². The van der Waals surface area contributed by atoms with Crippen molar-refractivity contribution in [3.8, 4) is 0 Å². The molecule has 0 aliphatic heterocycles. The number of amides is 1. The molecule has 0 unspecified atom stereocenters. The van der Waals surface area contributed by atoms with E-state index in [0.29, 0.717) is 23.7 Å². The van der Waals surface area contributed by atoms with E-state index >= 15 is 0 Å². The number of halogens is 2. The molecule has 9 heteroatoms. The van der Waals surface area contributed by atoms with Crippen LogP contribution in [0.1, 0.15) is 23.4 Å². The highest BCUT2D eigenvalue weighted by Crippen LogP contribution is 2.18. The van der Waals surface area contributed by atoms with Crippen LogP contribution in [0.5, 0.6) is 0 Å². The molecule has 136 valence electrons. The lowest BCUT2D eigenvalue weighted by atomic mass is 10.2. The van der Waals surface area contributed by atoms with Crippen LogP contribution in [0.3, 0.4) is 0 Å². The van der Waals surface area contributed by atoms with E-state index < -0.39 is 5.82 Å². The van der Waals surface area contributed by atoms with Crippen molar-refractivity contribution in [2.75, 3.05) is 5.32 Å². The van der Waals surface area contributed by atoms with E-state index in [9.17, 15) is 9.18 Å². The fourth-order valence-electron chi connectivity index (χ4n) is 2.55. The lowest BCUT2D eigenvalue weighted by Gasteiger charge is -2.05. The molecule has 7 nitrogen and oxygen atoms in total. The van der Waals surface area contributed by atoms with Gasteiger partial charge in [-0.15, -0.1) is 5.10 Å². The second kappa shape index (κ2) is 7.65. The van der Waals surface area contributed by atoms with Crippen LogP contribution in [-0.2, 0) is 17.9 Å². The summed E-state index contributed by atoms with van der Waals surface area (Å²) in [7, 11) is 0. The normalized spacial score (nSPS) is 10.9. The Morgan fingerprint density at radius 1 is 1.27 bits per heavy atom. The molecule has 3 aromatic rings. The summed E-state index contributed by atoms with van der Waals surface area (Å²) in [4.78, 5) is 16.1. The van der Waals surface area contributed by atoms with Gasteiger partial charge in [-0.25, -0.2) is 14.1 Å². The van der Waals surface area contributed by atoms with Crippen molar-refractivity contribution in [3.05, 3.63) is 58.4 Å². The summed E-state index contributed by atoms with van der Waals surface area (Å²) in [5.41, 5.74) is 2.64. The molecular weight excluding hydrogens is 359 g/mol. The van der Waals surface area contributed by atoms with Crippen LogP contribution < -0.4 is 5.32 Å². The van der Waals surface area contributed by atoms with Crippen molar-refractivity contribution in [2.45, 2.75) is 33.4 Å². The molecule has 3 rings (SSSR count). The van der Waals surface area contributed by atoms with Crippen LogP contribution in [0.2, 0.25) is 5.02 Å². The van der Waals surface area contributed by atoms with Crippen LogP contribution in [0.4, 0.5) is 10.3 Å². The number of aryl methyl sites for hydroxylation is 3. The molecule has 2 heterocycles. The van der Waals surface area contributed by atoms with Gasteiger partial charge in [0.05, 0.1) is 12.2 Å². The summed E-state index contributed by atoms with van der Waals surface area (Å²) < 4.78 is 16.4. The Hall–Kier alpha value is -2.74. The molecule has 0 fully saturated rings. The van der Waals surface area contributed by atoms with Gasteiger partial charge in [-0.3, -0.25) is 14.8 Å². The lowest BCUT2D eigenvalue weighted by Crippen LogP contribution is -2.16. The van der Waals surface area contributed by atoms with Crippen molar-refractivity contribution < 1.29 is 9.18 Å². The fraction of sp³-hybridized carbons (Fsp3) is 0.294. The van der Waals surface area contributed by atoms with Gasteiger partial charge in [0.2, 0.25) is 11.9 Å². The lowest BCUT2D eigenvalue weighted by molar-refractivity contribution is -0.116. The standard InChI is InChI=1S/C17H18ClFN6O/c1-11-7-12(2)25(22-11)6-5-16(26)21-17-20-10-24(23-17)9-13-3-4-14(19)8-15(13)18/h3-4,7-8,10H,5-6,9H2,1-2H3,(H,21,23,26). The van der Waals surface area contributed by atoms with Crippen molar-refractivity contribution >= 4 is 23.5 Å². The molecule has 1 N–H and O–H groups in total. The number of carbonyl (C=O) groups is 1. The summed E-state index contributed by atoms with van der Waals surface area (Å²) in [5.74, 6) is -0.385. The smallest absolute Gasteiger partial charge is 0.248 e. The third kappa shape index (κ3) is 4.45. The Morgan fingerprint density at radius 3 is 2.77 bits per heavy atom. The quantitative estimate of drug-likeness (QED) is 0.717. The number of carbonyl (C=O) groups excluding carboxylic acids is 1. The summed E-state index contributed by atoms with van der Waals surface area (Å²) in [6.45, 7) is 4.67. The first-order valence-electron chi connectivity index (χ1n) is 8.05. The first kappa shape index (κ1) is 18.1. The number of aromatic nitrogens is 5. The topological polar surface area (TPSA) is 77.6 Å². The number of benzene rings is 1. The number of hydrogen-bond acceptors (Lipinski definition) is 4. The molecule has 0 saturated carbocycles. The molecule has 0 saturated heterocycles. The Balaban J connectivity index is 1.56. The van der Waals surface area contributed by atoms with Crippen LogP contribution >= 0.6 is 11.6 Å². The van der Waals surface area contributed by atoms with Gasteiger partial charge >= 0.3 is 0 Å². The first-order chi connectivity index (χ1) is 12.4. The van der Waals surface area contributed by atoms with Crippen LogP contribution in [0.25, 0.3) is 0 Å². The van der Waals surface area contributed by atoms with E-state index in [2.05, 4.69) is 20.5 Å². The summed E-state index contributed by atoms with van der Waals surface area (Å²) in [5, 5.41) is 11.5. The van der Waals surface area contributed by atoms with Gasteiger partial charge in [0.1, 0.15) is 12.1 Å². The predicted octanol–water partition coefficient (Wildman–Crippen LogP) is 2.96. The van der Waals surface area contributed by atoms with Crippen LogP contribution in [0.15, 0.2) is 30.6 Å². The minimum atomic E-state index is -0.395. The maximum atomic E-state index is 13.1. The molecule has 1 amide bonds. The van der Waals surface area contributed by atoms with Gasteiger partial charge in [0.25, 0.3) is 0 Å². The van der Waals surface area contributed by atoms with E-state index in [1.54, 1.807) is 10.7 Å². The summed E-state index contributed by atoms with van der Waals surface area (Å²) in [6, 6.07) is 6.13. The summed E-state index contributed by atoms with van der Waals surface area (Å²) >= 11 is 6.00. The van der Waals surface area contributed by atoms with Gasteiger partial charge in [-0.05, 0) is 37.6 Å². The Labute approximate surface area is 154 Å². The predicted molar refractivity (Wildman–Crippen MR) is 95.5 cm³/mol. The second-order valence-corrected chi connectivity index (χ2v) is 6.36. The molecule has 2 aromatic heterocycles. The number of hydrogen-bond donors (Lipinski definition) is 1. The number of nitrogens with one attached hydrogen (secondary N) is 1. The van der Waals surface area contributed by atoms with Gasteiger partial charge in [-0.1, -0.05) is 17.7 Å². The summed E-state index contributed by atoms with van der Waals surface area (Å²) in [6.07, 6.45) is 1.75. The minimum absolute atomic E-state index is 0.199. The molecule has 0 bridgehead atoms. The van der Waals surface area contributed by atoms with E-state index in [-0.39, 0.29) is 18.3 Å². The zero-order valence-electron chi connectivity index (χ0n) is 14.4. The van der Waals surface area contributed by atoms with E-state index in [1.807, 2.05) is 19.9 Å². The third-order valence-corrected chi connectivity index (χ3v) is 4.14. The van der Waals surface area contributed by atoms with Crippen molar-refractivity contribution in [1.29, 1.82) is 0 Å². The molecular formula is C17H18ClFN6O. The largest absolute Gasteiger partial charge is 0.293 e. The zero-order chi connectivity index (χ0) is 18.7. The molecule has 0 radical (unpaired) electrons. The maximum absolute atomic E-state index is 13.1. The van der Waals surface area contributed by atoms with Crippen LogP contribution in [0, 0.1) is 19.7 Å². The highest BCUT2D eigenvalue weighted by atomic mass is 35.5. The maximum Gasteiger partial charge on any atom is 0.248 e. The second-order valence-electron chi connectivity index (χ2n) is 5.95. The molecule has 0 aliphatic rings.